The summed E-state index contributed by atoms with van der Waals surface area (Å²) < 4.78 is 27.9. The van der Waals surface area contributed by atoms with E-state index in [2.05, 4.69) is 11.9 Å². The highest BCUT2D eigenvalue weighted by molar-refractivity contribution is 7.89. The molecule has 2 aromatic rings. The standard InChI is InChI=1S/C21H21N3O4S2/c1-2-19(25)22-20-10-15-11-23(12-18(15)29-20)30(27,28)16-5-6-17-14(9-16)7-8-24(17)21(26)13-3-4-13/h2,5-6,9-10,13H,1,3-4,7-8,11-12H2,(H,22,25). The first-order chi connectivity index (χ1) is 14.4. The van der Waals surface area contributed by atoms with E-state index in [1.807, 2.05) is 6.07 Å². The van der Waals surface area contributed by atoms with Crippen molar-refractivity contribution in [3.8, 4) is 0 Å². The molecule has 0 radical (unpaired) electrons. The van der Waals surface area contributed by atoms with E-state index in [-0.39, 0.29) is 35.7 Å². The van der Waals surface area contributed by atoms with E-state index in [1.54, 1.807) is 23.1 Å². The van der Waals surface area contributed by atoms with E-state index in [4.69, 9.17) is 0 Å². The highest BCUT2D eigenvalue weighted by Gasteiger charge is 2.38. The Morgan fingerprint density at radius 3 is 2.67 bits per heavy atom. The van der Waals surface area contributed by atoms with Gasteiger partial charge in [0, 0.05) is 36.1 Å². The summed E-state index contributed by atoms with van der Waals surface area (Å²) in [5, 5.41) is 3.42. The largest absolute Gasteiger partial charge is 0.314 e. The second kappa shape index (κ2) is 7.04. The SMILES string of the molecule is C=CC(=O)Nc1cc2c(s1)CN(S(=O)(=O)c1ccc3c(c1)CCN3C(=O)C1CC1)C2. The van der Waals surface area contributed by atoms with Gasteiger partial charge in [-0.2, -0.15) is 4.31 Å². The molecule has 0 unspecified atom stereocenters. The van der Waals surface area contributed by atoms with Crippen LogP contribution in [0.2, 0.25) is 0 Å². The third-order valence-corrected chi connectivity index (χ3v) is 8.64. The first-order valence-electron chi connectivity index (χ1n) is 9.86. The minimum atomic E-state index is -3.65. The van der Waals surface area contributed by atoms with Gasteiger partial charge in [0.15, 0.2) is 0 Å². The van der Waals surface area contributed by atoms with Crippen molar-refractivity contribution in [2.45, 2.75) is 37.2 Å². The molecule has 2 amide bonds. The molecule has 1 aromatic carbocycles. The van der Waals surface area contributed by atoms with Crippen LogP contribution in [-0.4, -0.2) is 31.1 Å². The molecule has 3 heterocycles. The maximum Gasteiger partial charge on any atom is 0.248 e. The zero-order chi connectivity index (χ0) is 21.0. The average molecular weight is 444 g/mol. The Labute approximate surface area is 179 Å². The minimum Gasteiger partial charge on any atom is -0.314 e. The van der Waals surface area contributed by atoms with Gasteiger partial charge in [-0.3, -0.25) is 9.59 Å². The number of thiophene rings is 1. The van der Waals surface area contributed by atoms with E-state index in [0.717, 1.165) is 34.5 Å². The van der Waals surface area contributed by atoms with Gasteiger partial charge in [0.1, 0.15) is 0 Å². The second-order valence-electron chi connectivity index (χ2n) is 7.83. The number of hydrogen-bond acceptors (Lipinski definition) is 5. The fraction of sp³-hybridized carbons (Fsp3) is 0.333. The van der Waals surface area contributed by atoms with Crippen molar-refractivity contribution in [2.24, 2.45) is 5.92 Å². The van der Waals surface area contributed by atoms with Gasteiger partial charge in [-0.15, -0.1) is 11.3 Å². The summed E-state index contributed by atoms with van der Waals surface area (Å²) in [5.74, 6) is 0.0172. The van der Waals surface area contributed by atoms with E-state index in [1.165, 1.54) is 21.7 Å². The third kappa shape index (κ3) is 3.27. The lowest BCUT2D eigenvalue weighted by Gasteiger charge is -2.19. The third-order valence-electron chi connectivity index (χ3n) is 5.77. The monoisotopic (exact) mass is 443 g/mol. The Bertz CT molecular complexity index is 1160. The summed E-state index contributed by atoms with van der Waals surface area (Å²) in [4.78, 5) is 26.9. The molecule has 0 bridgehead atoms. The van der Waals surface area contributed by atoms with Crippen molar-refractivity contribution in [1.82, 2.24) is 4.31 Å². The topological polar surface area (TPSA) is 86.8 Å². The average Bonchev–Trinajstić information content (AvgIpc) is 3.20. The Hall–Kier alpha value is -2.49. The molecule has 1 aliphatic carbocycles. The molecule has 0 spiro atoms. The van der Waals surface area contributed by atoms with Crippen LogP contribution < -0.4 is 10.2 Å². The molecule has 156 valence electrons. The van der Waals surface area contributed by atoms with Crippen LogP contribution in [0, 0.1) is 5.92 Å². The molecule has 1 aromatic heterocycles. The number of anilines is 2. The fourth-order valence-electron chi connectivity index (χ4n) is 4.01. The lowest BCUT2D eigenvalue weighted by molar-refractivity contribution is -0.119. The van der Waals surface area contributed by atoms with Crippen LogP contribution >= 0.6 is 11.3 Å². The van der Waals surface area contributed by atoms with Crippen LogP contribution in [0.1, 0.15) is 28.8 Å². The number of benzene rings is 1. The molecule has 3 aliphatic rings. The quantitative estimate of drug-likeness (QED) is 0.720. The number of carbonyl (C=O) groups is 2. The van der Waals surface area contributed by atoms with Gasteiger partial charge >= 0.3 is 0 Å². The lowest BCUT2D eigenvalue weighted by atomic mass is 10.2. The predicted molar refractivity (Wildman–Crippen MR) is 115 cm³/mol. The second-order valence-corrected chi connectivity index (χ2v) is 10.9. The number of nitrogens with zero attached hydrogens (tertiary/aromatic N) is 2. The normalized spacial score (nSPS) is 18.2. The summed E-state index contributed by atoms with van der Waals surface area (Å²) in [7, 11) is -3.65. The van der Waals surface area contributed by atoms with Crippen LogP contribution in [0.4, 0.5) is 10.7 Å². The van der Waals surface area contributed by atoms with Gasteiger partial charge in [-0.1, -0.05) is 6.58 Å². The van der Waals surface area contributed by atoms with Gasteiger partial charge in [-0.25, -0.2) is 8.42 Å². The molecular formula is C21H21N3O4S2. The molecule has 7 nitrogen and oxygen atoms in total. The van der Waals surface area contributed by atoms with Crippen molar-refractivity contribution >= 4 is 43.9 Å². The fourth-order valence-corrected chi connectivity index (χ4v) is 6.62. The van der Waals surface area contributed by atoms with Gasteiger partial charge in [0.05, 0.1) is 9.90 Å². The Morgan fingerprint density at radius 2 is 1.97 bits per heavy atom. The highest BCUT2D eigenvalue weighted by Crippen LogP contribution is 2.39. The molecule has 1 N–H and O–H groups in total. The number of amides is 2. The van der Waals surface area contributed by atoms with Crippen molar-refractivity contribution in [3.63, 3.8) is 0 Å². The molecule has 5 rings (SSSR count). The van der Waals surface area contributed by atoms with Crippen LogP contribution in [-0.2, 0) is 39.1 Å². The van der Waals surface area contributed by atoms with Crippen molar-refractivity contribution in [1.29, 1.82) is 0 Å². The minimum absolute atomic E-state index is 0.143. The van der Waals surface area contributed by atoms with Crippen LogP contribution in [0.15, 0.2) is 41.8 Å². The van der Waals surface area contributed by atoms with Crippen LogP contribution in [0.5, 0.6) is 0 Å². The van der Waals surface area contributed by atoms with Crippen molar-refractivity contribution in [2.75, 3.05) is 16.8 Å². The highest BCUT2D eigenvalue weighted by atomic mass is 32.2. The van der Waals surface area contributed by atoms with Gasteiger partial charge in [0.2, 0.25) is 21.8 Å². The van der Waals surface area contributed by atoms with E-state index >= 15 is 0 Å². The van der Waals surface area contributed by atoms with Crippen molar-refractivity contribution < 1.29 is 18.0 Å². The summed E-state index contributed by atoms with van der Waals surface area (Å²) in [6.07, 6.45) is 3.79. The molecule has 1 fully saturated rings. The van der Waals surface area contributed by atoms with E-state index in [0.29, 0.717) is 18.0 Å². The molecular weight excluding hydrogens is 422 g/mol. The summed E-state index contributed by atoms with van der Waals surface area (Å²) >= 11 is 1.38. The number of hydrogen-bond donors (Lipinski definition) is 1. The Balaban J connectivity index is 1.34. The number of fused-ring (bicyclic) bond motifs is 2. The summed E-state index contributed by atoms with van der Waals surface area (Å²) in [6, 6.07) is 6.91. The van der Waals surface area contributed by atoms with Crippen LogP contribution in [0.3, 0.4) is 0 Å². The smallest absolute Gasteiger partial charge is 0.248 e. The molecule has 1 saturated carbocycles. The van der Waals surface area contributed by atoms with E-state index < -0.39 is 10.0 Å². The maximum atomic E-state index is 13.2. The summed E-state index contributed by atoms with van der Waals surface area (Å²) in [6.45, 7) is 4.62. The van der Waals surface area contributed by atoms with Gasteiger partial charge in [0.25, 0.3) is 0 Å². The summed E-state index contributed by atoms with van der Waals surface area (Å²) in [5.41, 5.74) is 2.66. The zero-order valence-electron chi connectivity index (χ0n) is 16.3. The maximum absolute atomic E-state index is 13.2. The first-order valence-corrected chi connectivity index (χ1v) is 12.1. The number of nitrogens with one attached hydrogen (secondary N) is 1. The Kier molecular flexibility index (Phi) is 4.57. The molecule has 30 heavy (non-hydrogen) atoms. The first kappa shape index (κ1) is 19.5. The van der Waals surface area contributed by atoms with Crippen LogP contribution in [0.25, 0.3) is 0 Å². The van der Waals surface area contributed by atoms with E-state index in [9.17, 15) is 18.0 Å². The number of carbonyl (C=O) groups excluding carboxylic acids is 2. The number of sulfonamides is 1. The molecule has 2 aliphatic heterocycles. The Morgan fingerprint density at radius 1 is 1.17 bits per heavy atom. The van der Waals surface area contributed by atoms with Crippen molar-refractivity contribution in [3.05, 3.63) is 52.9 Å². The van der Waals surface area contributed by atoms with Gasteiger partial charge in [-0.05, 0) is 60.7 Å². The predicted octanol–water partition coefficient (Wildman–Crippen LogP) is 2.88. The number of rotatable bonds is 5. The zero-order valence-corrected chi connectivity index (χ0v) is 17.9. The lowest BCUT2D eigenvalue weighted by Crippen LogP contribution is -2.30. The molecule has 0 atom stereocenters. The molecule has 9 heteroatoms. The molecule has 0 saturated heterocycles. The van der Waals surface area contributed by atoms with Gasteiger partial charge < -0.3 is 10.2 Å².